The van der Waals surface area contributed by atoms with E-state index in [9.17, 15) is 4.79 Å². The summed E-state index contributed by atoms with van der Waals surface area (Å²) in [4.78, 5) is 11.9. The van der Waals surface area contributed by atoms with Crippen LogP contribution in [0.5, 0.6) is 5.75 Å². The molecule has 0 saturated heterocycles. The van der Waals surface area contributed by atoms with E-state index in [4.69, 9.17) is 9.47 Å². The lowest BCUT2D eigenvalue weighted by Gasteiger charge is -2.09. The zero-order valence-corrected chi connectivity index (χ0v) is 14.5. The molecular weight excluding hydrogens is 395 g/mol. The quantitative estimate of drug-likeness (QED) is 0.502. The molecule has 0 radical (unpaired) electrons. The summed E-state index contributed by atoms with van der Waals surface area (Å²) in [6.07, 6.45) is 0. The standard InChI is InChI=1S/C13H19IN2O3.ClH/c1-18-8-7-15-5-6-16-13(17)11-4-3-10(19-2)9-12(11)14;/h3-4,9,15H,5-8H2,1-2H3,(H,16,17);1H. The topological polar surface area (TPSA) is 59.6 Å². The van der Waals surface area contributed by atoms with Gasteiger partial charge < -0.3 is 20.1 Å². The third kappa shape index (κ3) is 6.74. The summed E-state index contributed by atoms with van der Waals surface area (Å²) >= 11 is 2.13. The minimum absolute atomic E-state index is 0. The number of methoxy groups -OCH3 is 2. The molecule has 1 rings (SSSR count). The molecule has 5 nitrogen and oxygen atoms in total. The lowest BCUT2D eigenvalue weighted by atomic mass is 10.2. The van der Waals surface area contributed by atoms with Crippen LogP contribution in [0.15, 0.2) is 18.2 Å². The van der Waals surface area contributed by atoms with E-state index in [1.807, 2.05) is 6.07 Å². The smallest absolute Gasteiger partial charge is 0.252 e. The zero-order chi connectivity index (χ0) is 14.1. The Morgan fingerprint density at radius 2 is 2.00 bits per heavy atom. The molecule has 20 heavy (non-hydrogen) atoms. The summed E-state index contributed by atoms with van der Waals surface area (Å²) < 4.78 is 10.9. The van der Waals surface area contributed by atoms with E-state index in [1.54, 1.807) is 26.4 Å². The monoisotopic (exact) mass is 414 g/mol. The summed E-state index contributed by atoms with van der Waals surface area (Å²) in [5.74, 6) is 0.683. The van der Waals surface area contributed by atoms with Crippen LogP contribution in [0.4, 0.5) is 0 Å². The van der Waals surface area contributed by atoms with Crippen molar-refractivity contribution in [2.75, 3.05) is 40.5 Å². The van der Waals surface area contributed by atoms with Gasteiger partial charge in [-0.1, -0.05) is 0 Å². The van der Waals surface area contributed by atoms with Crippen LogP contribution in [-0.2, 0) is 4.74 Å². The third-order valence-electron chi connectivity index (χ3n) is 2.49. The summed E-state index contributed by atoms with van der Waals surface area (Å²) in [5, 5.41) is 6.03. The number of hydrogen-bond donors (Lipinski definition) is 2. The van der Waals surface area contributed by atoms with Gasteiger partial charge in [-0.05, 0) is 40.8 Å². The van der Waals surface area contributed by atoms with Crippen molar-refractivity contribution in [2.45, 2.75) is 0 Å². The fraction of sp³-hybridized carbons (Fsp3) is 0.462. The van der Waals surface area contributed by atoms with E-state index in [0.717, 1.165) is 22.4 Å². The maximum atomic E-state index is 11.9. The van der Waals surface area contributed by atoms with Crippen LogP contribution >= 0.6 is 35.0 Å². The van der Waals surface area contributed by atoms with Crippen molar-refractivity contribution < 1.29 is 14.3 Å². The minimum atomic E-state index is -0.0689. The highest BCUT2D eigenvalue weighted by atomic mass is 127. The van der Waals surface area contributed by atoms with Crippen molar-refractivity contribution in [1.82, 2.24) is 10.6 Å². The number of carbonyl (C=O) groups excluding carboxylic acids is 1. The van der Waals surface area contributed by atoms with Gasteiger partial charge in [0.25, 0.3) is 5.91 Å². The SMILES string of the molecule is COCCNCCNC(=O)c1ccc(OC)cc1I.Cl. The second-order valence-electron chi connectivity index (χ2n) is 3.84. The molecule has 0 unspecified atom stereocenters. The van der Waals surface area contributed by atoms with Crippen molar-refractivity contribution in [2.24, 2.45) is 0 Å². The molecule has 1 amide bonds. The normalized spacial score (nSPS) is 9.75. The van der Waals surface area contributed by atoms with Crippen LogP contribution in [0.1, 0.15) is 10.4 Å². The van der Waals surface area contributed by atoms with Gasteiger partial charge in [-0.25, -0.2) is 0 Å². The maximum Gasteiger partial charge on any atom is 0.252 e. The molecule has 0 heterocycles. The van der Waals surface area contributed by atoms with Crippen LogP contribution in [0.25, 0.3) is 0 Å². The highest BCUT2D eigenvalue weighted by Crippen LogP contribution is 2.19. The Kier molecular flexibility index (Phi) is 10.8. The molecule has 114 valence electrons. The third-order valence-corrected chi connectivity index (χ3v) is 3.38. The van der Waals surface area contributed by atoms with Crippen LogP contribution in [0.3, 0.4) is 0 Å². The van der Waals surface area contributed by atoms with E-state index in [-0.39, 0.29) is 18.3 Å². The molecule has 0 aromatic heterocycles. The van der Waals surface area contributed by atoms with E-state index in [2.05, 4.69) is 33.2 Å². The van der Waals surface area contributed by atoms with Crippen LogP contribution in [0.2, 0.25) is 0 Å². The van der Waals surface area contributed by atoms with Gasteiger partial charge in [-0.15, -0.1) is 12.4 Å². The number of rotatable bonds is 8. The summed E-state index contributed by atoms with van der Waals surface area (Å²) in [6, 6.07) is 5.40. The molecular formula is C13H20ClIN2O3. The molecule has 1 aromatic rings. The lowest BCUT2D eigenvalue weighted by molar-refractivity contribution is 0.0953. The number of hydrogen-bond acceptors (Lipinski definition) is 4. The Bertz CT molecular complexity index is 419. The van der Waals surface area contributed by atoms with Gasteiger partial charge in [-0.2, -0.15) is 0 Å². The molecule has 0 fully saturated rings. The largest absolute Gasteiger partial charge is 0.497 e. The Labute approximate surface area is 139 Å². The van der Waals surface area contributed by atoms with Gasteiger partial charge in [0.1, 0.15) is 5.75 Å². The summed E-state index contributed by atoms with van der Waals surface area (Å²) in [5.41, 5.74) is 0.665. The number of amides is 1. The van der Waals surface area contributed by atoms with Crippen molar-refractivity contribution in [3.63, 3.8) is 0 Å². The zero-order valence-electron chi connectivity index (χ0n) is 11.6. The number of benzene rings is 1. The van der Waals surface area contributed by atoms with Crippen molar-refractivity contribution in [3.8, 4) is 5.75 Å². The first-order valence-corrected chi connectivity index (χ1v) is 7.08. The second kappa shape index (κ2) is 11.1. The fourth-order valence-corrected chi connectivity index (χ4v) is 2.20. The van der Waals surface area contributed by atoms with Gasteiger partial charge in [0.2, 0.25) is 0 Å². The van der Waals surface area contributed by atoms with Gasteiger partial charge in [0, 0.05) is 30.3 Å². The molecule has 0 aliphatic rings. The molecule has 0 aliphatic carbocycles. The molecule has 1 aromatic carbocycles. The molecule has 0 saturated carbocycles. The first kappa shape index (κ1) is 19.4. The fourth-order valence-electron chi connectivity index (χ4n) is 1.47. The van der Waals surface area contributed by atoms with Gasteiger partial charge >= 0.3 is 0 Å². The lowest BCUT2D eigenvalue weighted by Crippen LogP contribution is -2.33. The summed E-state index contributed by atoms with van der Waals surface area (Å²) in [6.45, 7) is 2.77. The first-order valence-electron chi connectivity index (χ1n) is 6.00. The van der Waals surface area contributed by atoms with Crippen LogP contribution in [-0.4, -0.2) is 46.4 Å². The minimum Gasteiger partial charge on any atom is -0.497 e. The second-order valence-corrected chi connectivity index (χ2v) is 5.01. The molecule has 0 spiro atoms. The van der Waals surface area contributed by atoms with Gasteiger partial charge in [0.15, 0.2) is 0 Å². The first-order chi connectivity index (χ1) is 9.19. The average Bonchev–Trinajstić information content (AvgIpc) is 2.42. The number of nitrogens with one attached hydrogen (secondary N) is 2. The van der Waals surface area contributed by atoms with E-state index in [1.165, 1.54) is 0 Å². The predicted molar refractivity (Wildman–Crippen MR) is 90.0 cm³/mol. The van der Waals surface area contributed by atoms with E-state index in [0.29, 0.717) is 18.7 Å². The van der Waals surface area contributed by atoms with Gasteiger partial charge in [0.05, 0.1) is 19.3 Å². The number of carbonyl (C=O) groups is 1. The van der Waals surface area contributed by atoms with Crippen LogP contribution < -0.4 is 15.4 Å². The highest BCUT2D eigenvalue weighted by molar-refractivity contribution is 14.1. The molecule has 2 N–H and O–H groups in total. The van der Waals surface area contributed by atoms with Crippen molar-refractivity contribution in [3.05, 3.63) is 27.3 Å². The summed E-state index contributed by atoms with van der Waals surface area (Å²) in [7, 11) is 3.27. The molecule has 0 aliphatic heterocycles. The van der Waals surface area contributed by atoms with Crippen molar-refractivity contribution in [1.29, 1.82) is 0 Å². The Morgan fingerprint density at radius 3 is 2.60 bits per heavy atom. The van der Waals surface area contributed by atoms with Crippen LogP contribution in [0, 0.1) is 3.57 Å². The maximum absolute atomic E-state index is 11.9. The molecule has 0 bridgehead atoms. The Morgan fingerprint density at radius 1 is 1.25 bits per heavy atom. The Hall–Kier alpha value is -0.570. The highest BCUT2D eigenvalue weighted by Gasteiger charge is 2.09. The van der Waals surface area contributed by atoms with Gasteiger partial charge in [-0.3, -0.25) is 4.79 Å². The molecule has 0 atom stereocenters. The average molecular weight is 415 g/mol. The predicted octanol–water partition coefficient (Wildman–Crippen LogP) is 1.69. The van der Waals surface area contributed by atoms with Crippen molar-refractivity contribution >= 4 is 40.9 Å². The van der Waals surface area contributed by atoms with E-state index >= 15 is 0 Å². The van der Waals surface area contributed by atoms with E-state index < -0.39 is 0 Å². The number of halogens is 2. The number of ether oxygens (including phenoxy) is 2. The Balaban J connectivity index is 0.00000361. The molecule has 7 heteroatoms.